The standard InChI is InChI=1S/C14H15NO4/c16-13(15-7-10-2-1-5-19-10)11-8-3-4-9(6-8)12(11)14(17)18/h1-5,8-9,11-12H,6-7H2,(H,15,16)(H,17,18)/t8-,9+,11-,12-/m0/s1. The van der Waals surface area contributed by atoms with Gasteiger partial charge >= 0.3 is 5.97 Å². The molecule has 1 amide bonds. The van der Waals surface area contributed by atoms with Crippen molar-refractivity contribution in [2.24, 2.45) is 23.7 Å². The van der Waals surface area contributed by atoms with E-state index in [9.17, 15) is 14.7 Å². The van der Waals surface area contributed by atoms with E-state index in [0.717, 1.165) is 6.42 Å². The van der Waals surface area contributed by atoms with Crippen LogP contribution in [-0.4, -0.2) is 17.0 Å². The van der Waals surface area contributed by atoms with Crippen LogP contribution in [0.15, 0.2) is 35.0 Å². The fourth-order valence-electron chi connectivity index (χ4n) is 3.22. The lowest BCUT2D eigenvalue weighted by molar-refractivity contribution is -0.147. The van der Waals surface area contributed by atoms with Gasteiger partial charge in [0.2, 0.25) is 5.91 Å². The minimum Gasteiger partial charge on any atom is -0.481 e. The van der Waals surface area contributed by atoms with Crippen molar-refractivity contribution in [3.63, 3.8) is 0 Å². The number of amides is 1. The molecule has 19 heavy (non-hydrogen) atoms. The molecule has 0 unspecified atom stereocenters. The molecule has 4 atom stereocenters. The Morgan fingerprint density at radius 2 is 2.05 bits per heavy atom. The van der Waals surface area contributed by atoms with Crippen LogP contribution in [0.3, 0.4) is 0 Å². The molecule has 2 aliphatic carbocycles. The lowest BCUT2D eigenvalue weighted by Crippen LogP contribution is -2.39. The predicted octanol–water partition coefficient (Wildman–Crippen LogP) is 1.42. The second-order valence-corrected chi connectivity index (χ2v) is 5.14. The van der Waals surface area contributed by atoms with Crippen molar-refractivity contribution in [1.82, 2.24) is 5.32 Å². The van der Waals surface area contributed by atoms with Crippen LogP contribution in [0.25, 0.3) is 0 Å². The van der Waals surface area contributed by atoms with E-state index in [1.807, 2.05) is 12.2 Å². The molecule has 0 saturated heterocycles. The first-order chi connectivity index (χ1) is 9.16. The molecule has 0 radical (unpaired) electrons. The van der Waals surface area contributed by atoms with Gasteiger partial charge < -0.3 is 14.8 Å². The Morgan fingerprint density at radius 3 is 2.68 bits per heavy atom. The summed E-state index contributed by atoms with van der Waals surface area (Å²) in [5.74, 6) is -1.40. The fourth-order valence-corrected chi connectivity index (χ4v) is 3.22. The van der Waals surface area contributed by atoms with Gasteiger partial charge in [-0.2, -0.15) is 0 Å². The van der Waals surface area contributed by atoms with E-state index in [0.29, 0.717) is 12.3 Å². The summed E-state index contributed by atoms with van der Waals surface area (Å²) in [7, 11) is 0. The summed E-state index contributed by atoms with van der Waals surface area (Å²) in [6.45, 7) is 0.301. The van der Waals surface area contributed by atoms with E-state index in [4.69, 9.17) is 4.42 Å². The van der Waals surface area contributed by atoms with Crippen molar-refractivity contribution in [2.75, 3.05) is 0 Å². The second-order valence-electron chi connectivity index (χ2n) is 5.14. The second kappa shape index (κ2) is 4.57. The molecule has 1 heterocycles. The predicted molar refractivity (Wildman–Crippen MR) is 65.9 cm³/mol. The SMILES string of the molecule is O=C(O)[C@@H]1[C@@H](C(=O)NCc2ccco2)[C@H]2C=C[C@@H]1C2. The molecule has 100 valence electrons. The third-order valence-corrected chi connectivity index (χ3v) is 4.06. The zero-order chi connectivity index (χ0) is 13.4. The fraction of sp³-hybridized carbons (Fsp3) is 0.429. The van der Waals surface area contributed by atoms with Crippen LogP contribution in [0, 0.1) is 23.7 Å². The summed E-state index contributed by atoms with van der Waals surface area (Å²) >= 11 is 0. The zero-order valence-electron chi connectivity index (χ0n) is 10.3. The van der Waals surface area contributed by atoms with Crippen molar-refractivity contribution in [1.29, 1.82) is 0 Å². The third kappa shape index (κ3) is 2.05. The topological polar surface area (TPSA) is 79.5 Å². The highest BCUT2D eigenvalue weighted by Gasteiger charge is 2.51. The van der Waals surface area contributed by atoms with Crippen LogP contribution in [-0.2, 0) is 16.1 Å². The maximum atomic E-state index is 12.2. The van der Waals surface area contributed by atoms with E-state index in [2.05, 4.69) is 5.32 Å². The number of hydrogen-bond acceptors (Lipinski definition) is 3. The molecule has 1 saturated carbocycles. The van der Waals surface area contributed by atoms with Crippen LogP contribution in [0.1, 0.15) is 12.2 Å². The van der Waals surface area contributed by atoms with Gasteiger partial charge in [-0.05, 0) is 30.4 Å². The molecular formula is C14H15NO4. The molecule has 0 aliphatic heterocycles. The van der Waals surface area contributed by atoms with Gasteiger partial charge in [-0.15, -0.1) is 0 Å². The number of carbonyl (C=O) groups excluding carboxylic acids is 1. The molecule has 2 aliphatic rings. The van der Waals surface area contributed by atoms with Gasteiger partial charge in [0.1, 0.15) is 5.76 Å². The van der Waals surface area contributed by atoms with Gasteiger partial charge in [-0.3, -0.25) is 9.59 Å². The highest BCUT2D eigenvalue weighted by Crippen LogP contribution is 2.48. The zero-order valence-corrected chi connectivity index (χ0v) is 10.3. The number of aliphatic carboxylic acids is 1. The molecule has 1 fully saturated rings. The number of fused-ring (bicyclic) bond motifs is 2. The van der Waals surface area contributed by atoms with Gasteiger partial charge in [0.15, 0.2) is 0 Å². The normalized spacial score (nSPS) is 31.6. The molecule has 5 nitrogen and oxygen atoms in total. The first-order valence-corrected chi connectivity index (χ1v) is 6.38. The number of carboxylic acid groups (broad SMARTS) is 1. The Labute approximate surface area is 110 Å². The molecule has 1 aromatic heterocycles. The lowest BCUT2D eigenvalue weighted by atomic mass is 9.82. The van der Waals surface area contributed by atoms with Crippen molar-refractivity contribution >= 4 is 11.9 Å². The van der Waals surface area contributed by atoms with Crippen LogP contribution in [0.2, 0.25) is 0 Å². The molecule has 2 bridgehead atoms. The molecule has 3 rings (SSSR count). The van der Waals surface area contributed by atoms with Crippen molar-refractivity contribution in [3.8, 4) is 0 Å². The summed E-state index contributed by atoms with van der Waals surface area (Å²) in [6, 6.07) is 3.53. The average Bonchev–Trinajstić information content (AvgIpc) is 3.10. The Hall–Kier alpha value is -2.04. The summed E-state index contributed by atoms with van der Waals surface area (Å²) in [5, 5.41) is 12.0. The van der Waals surface area contributed by atoms with Crippen molar-refractivity contribution < 1.29 is 19.1 Å². The van der Waals surface area contributed by atoms with Gasteiger partial charge in [-0.1, -0.05) is 12.2 Å². The number of furan rings is 1. The van der Waals surface area contributed by atoms with E-state index in [-0.39, 0.29) is 17.7 Å². The van der Waals surface area contributed by atoms with Gasteiger partial charge in [0, 0.05) is 0 Å². The Morgan fingerprint density at radius 1 is 1.32 bits per heavy atom. The number of allylic oxidation sites excluding steroid dienone is 2. The number of rotatable bonds is 4. The quantitative estimate of drug-likeness (QED) is 0.803. The van der Waals surface area contributed by atoms with E-state index in [1.165, 1.54) is 0 Å². The monoisotopic (exact) mass is 261 g/mol. The van der Waals surface area contributed by atoms with Crippen LogP contribution in [0.4, 0.5) is 0 Å². The van der Waals surface area contributed by atoms with Crippen LogP contribution in [0.5, 0.6) is 0 Å². The number of nitrogens with one attached hydrogen (secondary N) is 1. The van der Waals surface area contributed by atoms with E-state index >= 15 is 0 Å². The molecule has 0 aromatic carbocycles. The van der Waals surface area contributed by atoms with Gasteiger partial charge in [0.25, 0.3) is 0 Å². The molecule has 0 spiro atoms. The minimum absolute atomic E-state index is 0.00172. The smallest absolute Gasteiger partial charge is 0.307 e. The molecule has 2 N–H and O–H groups in total. The maximum Gasteiger partial charge on any atom is 0.307 e. The molecule has 5 heteroatoms. The third-order valence-electron chi connectivity index (χ3n) is 4.06. The number of carboxylic acids is 1. The minimum atomic E-state index is -0.880. The van der Waals surface area contributed by atoms with Gasteiger partial charge in [0.05, 0.1) is 24.6 Å². The van der Waals surface area contributed by atoms with Crippen molar-refractivity contribution in [3.05, 3.63) is 36.3 Å². The first-order valence-electron chi connectivity index (χ1n) is 6.38. The molecule has 1 aromatic rings. The highest BCUT2D eigenvalue weighted by atomic mass is 16.4. The van der Waals surface area contributed by atoms with E-state index in [1.54, 1.807) is 18.4 Å². The highest BCUT2D eigenvalue weighted by molar-refractivity contribution is 5.86. The maximum absolute atomic E-state index is 12.2. The summed E-state index contributed by atoms with van der Waals surface area (Å²) in [4.78, 5) is 23.5. The number of carbonyl (C=O) groups is 2. The van der Waals surface area contributed by atoms with Crippen molar-refractivity contribution in [2.45, 2.75) is 13.0 Å². The van der Waals surface area contributed by atoms with Gasteiger partial charge in [-0.25, -0.2) is 0 Å². The van der Waals surface area contributed by atoms with E-state index < -0.39 is 17.8 Å². The number of hydrogen-bond donors (Lipinski definition) is 2. The van der Waals surface area contributed by atoms with Crippen LogP contribution < -0.4 is 5.32 Å². The average molecular weight is 261 g/mol. The summed E-state index contributed by atoms with van der Waals surface area (Å²) in [5.41, 5.74) is 0. The molecular weight excluding hydrogens is 246 g/mol. The Balaban J connectivity index is 1.68. The Bertz CT molecular complexity index is 520. The summed E-state index contributed by atoms with van der Waals surface area (Å²) in [6.07, 6.45) is 6.22. The first kappa shape index (κ1) is 12.0. The largest absolute Gasteiger partial charge is 0.481 e. The Kier molecular flexibility index (Phi) is 2.89. The van der Waals surface area contributed by atoms with Crippen LogP contribution >= 0.6 is 0 Å². The summed E-state index contributed by atoms with van der Waals surface area (Å²) < 4.78 is 5.14. The lowest BCUT2D eigenvalue weighted by Gasteiger charge is -2.23.